The normalized spacial score (nSPS) is 11.7. The average molecular weight is 1160 g/mol. The number of furan rings is 1. The first-order valence-corrected chi connectivity index (χ1v) is 31.3. The molecule has 0 saturated carbocycles. The van der Waals surface area contributed by atoms with Crippen molar-refractivity contribution < 1.29 is 4.42 Å². The Bertz CT molecular complexity index is 5900. The van der Waals surface area contributed by atoms with Crippen molar-refractivity contribution >= 4 is 131 Å². The number of anilines is 6. The Morgan fingerprint density at radius 3 is 1.36 bits per heavy atom. The van der Waals surface area contributed by atoms with Crippen LogP contribution in [-0.2, 0) is 0 Å². The van der Waals surface area contributed by atoms with E-state index in [0.29, 0.717) is 0 Å². The molecular weight excluding hydrogens is 1100 g/mol. The maximum atomic E-state index is 6.68. The molecule has 1 aromatic heterocycles. The molecule has 0 fully saturated rings. The predicted molar refractivity (Wildman–Crippen MR) is 387 cm³/mol. The lowest BCUT2D eigenvalue weighted by atomic mass is 9.95. The van der Waals surface area contributed by atoms with Crippen molar-refractivity contribution in [3.05, 3.63) is 340 Å². The topological polar surface area (TPSA) is 19.6 Å². The van der Waals surface area contributed by atoms with Crippen molar-refractivity contribution in [3.63, 3.8) is 0 Å². The van der Waals surface area contributed by atoms with Gasteiger partial charge in [0.2, 0.25) is 0 Å². The molecule has 17 aromatic carbocycles. The molecule has 424 valence electrons. The lowest BCUT2D eigenvalue weighted by Crippen LogP contribution is -2.12. The highest BCUT2D eigenvalue weighted by Gasteiger charge is 2.23. The summed E-state index contributed by atoms with van der Waals surface area (Å²) in [5.74, 6) is 0. The highest BCUT2D eigenvalue weighted by molar-refractivity contribution is 6.22. The first-order chi connectivity index (χ1) is 45.1. The van der Waals surface area contributed by atoms with Crippen LogP contribution in [0.1, 0.15) is 0 Å². The van der Waals surface area contributed by atoms with Gasteiger partial charge >= 0.3 is 0 Å². The van der Waals surface area contributed by atoms with E-state index in [9.17, 15) is 0 Å². The predicted octanol–water partition coefficient (Wildman–Crippen LogP) is 25.3. The minimum Gasteiger partial charge on any atom is -0.455 e. The fraction of sp³-hybridized carbons (Fsp3) is 0. The first kappa shape index (κ1) is 52.1. The number of hydrogen-bond acceptors (Lipinski definition) is 3. The van der Waals surface area contributed by atoms with Gasteiger partial charge in [0.1, 0.15) is 11.2 Å². The van der Waals surface area contributed by atoms with Crippen LogP contribution in [0.5, 0.6) is 0 Å². The summed E-state index contributed by atoms with van der Waals surface area (Å²) < 4.78 is 6.68. The molecule has 0 aliphatic heterocycles. The monoisotopic (exact) mass is 1160 g/mol. The van der Waals surface area contributed by atoms with Gasteiger partial charge in [0.25, 0.3) is 0 Å². The summed E-state index contributed by atoms with van der Waals surface area (Å²) in [6.45, 7) is 0. The Labute approximate surface area is 526 Å². The fourth-order valence-electron chi connectivity index (χ4n) is 14.4. The van der Waals surface area contributed by atoms with Crippen molar-refractivity contribution in [2.24, 2.45) is 0 Å². The van der Waals surface area contributed by atoms with Crippen LogP contribution in [0.3, 0.4) is 0 Å². The zero-order valence-corrected chi connectivity index (χ0v) is 49.6. The number of benzene rings is 17. The average Bonchev–Trinajstić information content (AvgIpc) is 1.84. The van der Waals surface area contributed by atoms with E-state index in [1.807, 2.05) is 0 Å². The molecule has 18 rings (SSSR count). The van der Waals surface area contributed by atoms with Crippen LogP contribution in [-0.4, -0.2) is 0 Å². The second-order valence-electron chi connectivity index (χ2n) is 23.9. The van der Waals surface area contributed by atoms with E-state index in [2.05, 4.69) is 350 Å². The molecule has 0 radical (unpaired) electrons. The van der Waals surface area contributed by atoms with Crippen molar-refractivity contribution in [3.8, 4) is 44.5 Å². The van der Waals surface area contributed by atoms with Gasteiger partial charge in [0.05, 0.1) is 11.4 Å². The van der Waals surface area contributed by atoms with Crippen molar-refractivity contribution in [1.82, 2.24) is 0 Å². The molecule has 0 aliphatic rings. The molecule has 0 atom stereocenters. The van der Waals surface area contributed by atoms with Gasteiger partial charge in [-0.2, -0.15) is 0 Å². The van der Waals surface area contributed by atoms with E-state index in [1.165, 1.54) is 81.3 Å². The van der Waals surface area contributed by atoms with Crippen LogP contribution in [0, 0.1) is 0 Å². The maximum Gasteiger partial charge on any atom is 0.143 e. The van der Waals surface area contributed by atoms with E-state index >= 15 is 0 Å². The van der Waals surface area contributed by atoms with Crippen LogP contribution in [0.25, 0.3) is 142 Å². The minimum absolute atomic E-state index is 0.888. The summed E-state index contributed by atoms with van der Waals surface area (Å²) in [6.07, 6.45) is 0. The van der Waals surface area contributed by atoms with Crippen LogP contribution in [0.4, 0.5) is 34.1 Å². The van der Waals surface area contributed by atoms with E-state index < -0.39 is 0 Å². The van der Waals surface area contributed by atoms with Gasteiger partial charge < -0.3 is 14.2 Å². The molecule has 0 unspecified atom stereocenters. The Morgan fingerprint density at radius 2 is 0.648 bits per heavy atom. The molecule has 3 nitrogen and oxygen atoms in total. The maximum absolute atomic E-state index is 6.68. The summed E-state index contributed by atoms with van der Waals surface area (Å²) >= 11 is 0. The molecular formula is C88H56N2O. The molecule has 0 N–H and O–H groups in total. The van der Waals surface area contributed by atoms with Gasteiger partial charge in [-0.3, -0.25) is 0 Å². The summed E-state index contributed by atoms with van der Waals surface area (Å²) in [5, 5.41) is 19.2. The van der Waals surface area contributed by atoms with Crippen LogP contribution >= 0.6 is 0 Å². The SMILES string of the molecule is c1ccc(-c2ccc3c(ccc4cc(N(c5ccc(-c6ccc7c(ccc8ccccc87)c6)cc5)c5ccccc5-c5cccc(N(c6ccc(-c7cc8ccccc8c8oc9ccccc9c78)cc6)c6cc7ccccc7c7ccccc67)c5)ccc43)c2)cc1. The molecule has 0 amide bonds. The van der Waals surface area contributed by atoms with E-state index in [-0.39, 0.29) is 0 Å². The zero-order valence-electron chi connectivity index (χ0n) is 49.6. The molecule has 3 heteroatoms. The van der Waals surface area contributed by atoms with Gasteiger partial charge in [0.15, 0.2) is 0 Å². The standard InChI is InChI=1S/C88H56N2O/c1-2-17-57(18-3-1)61-41-49-76-67(51-61)35-36-68-54-72(47-50-77(68)76)89(69-43-37-58(38-44-69)62-42-48-75-66(52-62)34-33-59-19-4-7-24-73(59)75)84-31-14-12-26-78(84)63-22-16-23-71(53-63)90(85-56-65-21-5-8-25-74(65)80-28-10-11-29-81(80)85)70-45-39-60(40-46-70)83-55-64-20-6-9-27-79(64)88-87(83)82-30-13-15-32-86(82)91-88/h1-56H. The largest absolute Gasteiger partial charge is 0.455 e. The van der Waals surface area contributed by atoms with Gasteiger partial charge in [-0.25, -0.2) is 0 Å². The van der Waals surface area contributed by atoms with Crippen molar-refractivity contribution in [2.45, 2.75) is 0 Å². The van der Waals surface area contributed by atoms with Crippen LogP contribution in [0.15, 0.2) is 344 Å². The zero-order chi connectivity index (χ0) is 59.9. The first-order valence-electron chi connectivity index (χ1n) is 31.3. The molecule has 1 heterocycles. The van der Waals surface area contributed by atoms with Crippen LogP contribution in [0.2, 0.25) is 0 Å². The molecule has 0 saturated heterocycles. The number of rotatable bonds is 10. The summed E-state index contributed by atoms with van der Waals surface area (Å²) in [5.41, 5.74) is 17.4. The quantitative estimate of drug-likeness (QED) is 0.127. The summed E-state index contributed by atoms with van der Waals surface area (Å²) in [6, 6.07) is 125. The van der Waals surface area contributed by atoms with E-state index in [0.717, 1.165) is 94.7 Å². The van der Waals surface area contributed by atoms with Crippen LogP contribution < -0.4 is 9.80 Å². The van der Waals surface area contributed by atoms with Gasteiger partial charge in [-0.1, -0.05) is 255 Å². The summed E-state index contributed by atoms with van der Waals surface area (Å²) in [4.78, 5) is 4.90. The lowest BCUT2D eigenvalue weighted by Gasteiger charge is -2.30. The minimum atomic E-state index is 0.888. The van der Waals surface area contributed by atoms with Crippen molar-refractivity contribution in [2.75, 3.05) is 9.80 Å². The Hall–Kier alpha value is -12.0. The molecule has 0 aliphatic carbocycles. The fourth-order valence-corrected chi connectivity index (χ4v) is 14.4. The number of hydrogen-bond donors (Lipinski definition) is 0. The Kier molecular flexibility index (Phi) is 12.2. The highest BCUT2D eigenvalue weighted by atomic mass is 16.3. The molecule has 18 aromatic rings. The highest BCUT2D eigenvalue weighted by Crippen LogP contribution is 2.48. The smallest absolute Gasteiger partial charge is 0.143 e. The third-order valence-electron chi connectivity index (χ3n) is 18.7. The van der Waals surface area contributed by atoms with E-state index in [1.54, 1.807) is 0 Å². The Morgan fingerprint density at radius 1 is 0.198 bits per heavy atom. The Balaban J connectivity index is 0.789. The third-order valence-corrected chi connectivity index (χ3v) is 18.7. The van der Waals surface area contributed by atoms with Crippen molar-refractivity contribution in [1.29, 1.82) is 0 Å². The number of nitrogens with zero attached hydrogens (tertiary/aromatic N) is 2. The van der Waals surface area contributed by atoms with Gasteiger partial charge in [-0.05, 0) is 189 Å². The second-order valence-corrected chi connectivity index (χ2v) is 23.9. The van der Waals surface area contributed by atoms with Gasteiger partial charge in [0, 0.05) is 49.9 Å². The second kappa shape index (κ2) is 21.4. The number of para-hydroxylation sites is 2. The van der Waals surface area contributed by atoms with E-state index in [4.69, 9.17) is 4.42 Å². The summed E-state index contributed by atoms with van der Waals surface area (Å²) in [7, 11) is 0. The molecule has 0 spiro atoms. The van der Waals surface area contributed by atoms with Gasteiger partial charge in [-0.15, -0.1) is 0 Å². The molecule has 0 bridgehead atoms. The molecule has 91 heavy (non-hydrogen) atoms. The third kappa shape index (κ3) is 8.89. The number of fused-ring (bicyclic) bond motifs is 14. The lowest BCUT2D eigenvalue weighted by molar-refractivity contribution is 0.673.